The summed E-state index contributed by atoms with van der Waals surface area (Å²) in [5, 5.41) is 5.12. The number of sulfonamides is 1. The van der Waals surface area contributed by atoms with E-state index in [1.165, 1.54) is 0 Å². The number of hydrogen-bond donors (Lipinski definition) is 1. The second-order valence-electron chi connectivity index (χ2n) is 3.88. The zero-order valence-electron chi connectivity index (χ0n) is 8.32. The molecule has 5 heteroatoms. The Hall–Kier alpha value is -0.810. The minimum atomic E-state index is -3.56. The van der Waals surface area contributed by atoms with Crippen molar-refractivity contribution in [3.63, 3.8) is 0 Å². The number of nitrogens with zero attached hydrogens (tertiary/aromatic N) is 1. The van der Waals surface area contributed by atoms with E-state index in [1.807, 2.05) is 13.8 Å². The first-order chi connectivity index (χ1) is 6.41. The van der Waals surface area contributed by atoms with Gasteiger partial charge in [-0.1, -0.05) is 0 Å². The van der Waals surface area contributed by atoms with Crippen molar-refractivity contribution >= 4 is 10.0 Å². The zero-order valence-corrected chi connectivity index (χ0v) is 9.13. The number of aryl methyl sites for hydroxylation is 1. The van der Waals surface area contributed by atoms with Crippen molar-refractivity contribution in [2.45, 2.75) is 37.6 Å². The molecular weight excluding hydrogens is 200 g/mol. The van der Waals surface area contributed by atoms with Gasteiger partial charge in [-0.3, -0.25) is 0 Å². The Morgan fingerprint density at radius 2 is 2.00 bits per heavy atom. The van der Waals surface area contributed by atoms with Crippen LogP contribution in [0, 0.1) is 13.8 Å². The third kappa shape index (κ3) is 1.46. The SMILES string of the molecule is Cc1cc(S(N)(=O)=O)c(C)n1C1CC1. The van der Waals surface area contributed by atoms with Crippen LogP contribution in [0.25, 0.3) is 0 Å². The number of aromatic nitrogens is 1. The lowest BCUT2D eigenvalue weighted by atomic mass is 10.4. The van der Waals surface area contributed by atoms with Gasteiger partial charge >= 0.3 is 0 Å². The standard InChI is InChI=1S/C9H14N2O2S/c1-6-5-9(14(10,12)13)7(2)11(6)8-3-4-8/h5,8H,3-4H2,1-2H3,(H2,10,12,13). The minimum absolute atomic E-state index is 0.266. The second kappa shape index (κ2) is 2.84. The summed E-state index contributed by atoms with van der Waals surface area (Å²) in [6.07, 6.45) is 2.28. The van der Waals surface area contributed by atoms with E-state index in [4.69, 9.17) is 5.14 Å². The average molecular weight is 214 g/mol. The highest BCUT2D eigenvalue weighted by molar-refractivity contribution is 7.89. The van der Waals surface area contributed by atoms with E-state index in [0.717, 1.165) is 24.2 Å². The maximum Gasteiger partial charge on any atom is 0.239 e. The van der Waals surface area contributed by atoms with Gasteiger partial charge < -0.3 is 4.57 Å². The highest BCUT2D eigenvalue weighted by atomic mass is 32.2. The monoisotopic (exact) mass is 214 g/mol. The third-order valence-electron chi connectivity index (χ3n) is 2.66. The molecule has 2 rings (SSSR count). The highest BCUT2D eigenvalue weighted by Gasteiger charge is 2.28. The third-order valence-corrected chi connectivity index (χ3v) is 3.68. The molecule has 0 unspecified atom stereocenters. The number of rotatable bonds is 2. The van der Waals surface area contributed by atoms with Crippen LogP contribution in [0.15, 0.2) is 11.0 Å². The number of hydrogen-bond acceptors (Lipinski definition) is 2. The van der Waals surface area contributed by atoms with Crippen molar-refractivity contribution in [3.05, 3.63) is 17.5 Å². The van der Waals surface area contributed by atoms with Crippen LogP contribution in [-0.2, 0) is 10.0 Å². The molecule has 4 nitrogen and oxygen atoms in total. The summed E-state index contributed by atoms with van der Waals surface area (Å²) in [5.41, 5.74) is 1.75. The summed E-state index contributed by atoms with van der Waals surface area (Å²) in [6.45, 7) is 3.73. The molecule has 1 heterocycles. The molecule has 0 aromatic carbocycles. The fraction of sp³-hybridized carbons (Fsp3) is 0.556. The molecule has 1 aliphatic rings. The van der Waals surface area contributed by atoms with Crippen LogP contribution in [-0.4, -0.2) is 13.0 Å². The van der Waals surface area contributed by atoms with Gasteiger partial charge in [-0.15, -0.1) is 0 Å². The lowest BCUT2D eigenvalue weighted by Gasteiger charge is -2.06. The molecule has 1 aromatic rings. The summed E-state index contributed by atoms with van der Waals surface area (Å²) in [7, 11) is -3.56. The largest absolute Gasteiger partial charge is 0.345 e. The van der Waals surface area contributed by atoms with E-state index in [9.17, 15) is 8.42 Å². The first kappa shape index (κ1) is 9.73. The Bertz CT molecular complexity index is 469. The maximum atomic E-state index is 11.2. The molecule has 1 aliphatic carbocycles. The molecule has 0 amide bonds. The van der Waals surface area contributed by atoms with Crippen molar-refractivity contribution in [1.29, 1.82) is 0 Å². The fourth-order valence-corrected chi connectivity index (χ4v) is 2.77. The Balaban J connectivity index is 2.60. The number of primary sulfonamides is 1. The molecule has 2 N–H and O–H groups in total. The highest BCUT2D eigenvalue weighted by Crippen LogP contribution is 2.38. The summed E-state index contributed by atoms with van der Waals surface area (Å²) in [4.78, 5) is 0.266. The minimum Gasteiger partial charge on any atom is -0.345 e. The molecule has 1 saturated carbocycles. The van der Waals surface area contributed by atoms with E-state index < -0.39 is 10.0 Å². The van der Waals surface area contributed by atoms with Crippen LogP contribution in [0.1, 0.15) is 30.3 Å². The molecule has 0 saturated heterocycles. The van der Waals surface area contributed by atoms with Crippen molar-refractivity contribution in [1.82, 2.24) is 4.57 Å². The first-order valence-electron chi connectivity index (χ1n) is 4.62. The summed E-state index contributed by atoms with van der Waals surface area (Å²) < 4.78 is 24.5. The van der Waals surface area contributed by atoms with Gasteiger partial charge in [0.2, 0.25) is 10.0 Å². The predicted octanol–water partition coefficient (Wildman–Crippen LogP) is 1.09. The Labute approximate surface area is 83.8 Å². The fourth-order valence-electron chi connectivity index (χ4n) is 1.93. The Kier molecular flexibility index (Phi) is 1.97. The van der Waals surface area contributed by atoms with Crippen LogP contribution < -0.4 is 5.14 Å². The van der Waals surface area contributed by atoms with Gasteiger partial charge in [-0.2, -0.15) is 0 Å². The summed E-state index contributed by atoms with van der Waals surface area (Å²) in [6, 6.07) is 2.15. The second-order valence-corrected chi connectivity index (χ2v) is 5.41. The maximum absolute atomic E-state index is 11.2. The quantitative estimate of drug-likeness (QED) is 0.800. The predicted molar refractivity (Wildman–Crippen MR) is 53.6 cm³/mol. The van der Waals surface area contributed by atoms with Gasteiger partial charge in [0.05, 0.1) is 0 Å². The molecule has 1 fully saturated rings. The molecule has 0 radical (unpaired) electrons. The molecule has 0 aliphatic heterocycles. The van der Waals surface area contributed by atoms with Crippen LogP contribution in [0.5, 0.6) is 0 Å². The van der Waals surface area contributed by atoms with Crippen molar-refractivity contribution in [2.24, 2.45) is 5.14 Å². The van der Waals surface area contributed by atoms with Gasteiger partial charge in [0.15, 0.2) is 0 Å². The van der Waals surface area contributed by atoms with Crippen LogP contribution in [0.3, 0.4) is 0 Å². The topological polar surface area (TPSA) is 65.1 Å². The molecule has 78 valence electrons. The van der Waals surface area contributed by atoms with Crippen LogP contribution >= 0.6 is 0 Å². The van der Waals surface area contributed by atoms with Crippen molar-refractivity contribution < 1.29 is 8.42 Å². The molecule has 0 spiro atoms. The van der Waals surface area contributed by atoms with Crippen molar-refractivity contribution in [2.75, 3.05) is 0 Å². The first-order valence-corrected chi connectivity index (χ1v) is 6.17. The van der Waals surface area contributed by atoms with Crippen LogP contribution in [0.4, 0.5) is 0 Å². The molecule has 1 aromatic heterocycles. The van der Waals surface area contributed by atoms with E-state index >= 15 is 0 Å². The van der Waals surface area contributed by atoms with Gasteiger partial charge in [0.25, 0.3) is 0 Å². The zero-order chi connectivity index (χ0) is 10.5. The van der Waals surface area contributed by atoms with E-state index in [-0.39, 0.29) is 4.90 Å². The summed E-state index contributed by atoms with van der Waals surface area (Å²) in [5.74, 6) is 0. The van der Waals surface area contributed by atoms with Crippen molar-refractivity contribution in [3.8, 4) is 0 Å². The van der Waals surface area contributed by atoms with E-state index in [1.54, 1.807) is 6.07 Å². The van der Waals surface area contributed by atoms with E-state index in [2.05, 4.69) is 4.57 Å². The molecule has 0 bridgehead atoms. The summed E-state index contributed by atoms with van der Waals surface area (Å²) >= 11 is 0. The van der Waals surface area contributed by atoms with Gasteiger partial charge in [-0.25, -0.2) is 13.6 Å². The normalized spacial score (nSPS) is 17.4. The molecule has 0 atom stereocenters. The smallest absolute Gasteiger partial charge is 0.239 e. The lowest BCUT2D eigenvalue weighted by Crippen LogP contribution is -2.13. The van der Waals surface area contributed by atoms with Crippen LogP contribution in [0.2, 0.25) is 0 Å². The number of nitrogens with two attached hydrogens (primary N) is 1. The Morgan fingerprint density at radius 3 is 2.36 bits per heavy atom. The lowest BCUT2D eigenvalue weighted by molar-refractivity contribution is 0.596. The van der Waals surface area contributed by atoms with Gasteiger partial charge in [0, 0.05) is 17.4 Å². The van der Waals surface area contributed by atoms with Gasteiger partial charge in [-0.05, 0) is 32.8 Å². The van der Waals surface area contributed by atoms with E-state index in [0.29, 0.717) is 6.04 Å². The molecule has 14 heavy (non-hydrogen) atoms. The molecular formula is C9H14N2O2S. The van der Waals surface area contributed by atoms with Gasteiger partial charge in [0.1, 0.15) is 4.90 Å². The average Bonchev–Trinajstić information content (AvgIpc) is 2.78. The Morgan fingerprint density at radius 1 is 1.43 bits per heavy atom.